The molecule has 0 bridgehead atoms. The first-order valence-corrected chi connectivity index (χ1v) is 11.9. The van der Waals surface area contributed by atoms with Crippen LogP contribution in [0.25, 0.3) is 0 Å². The first kappa shape index (κ1) is 16.4. The largest absolute Gasteiger partial charge is 0.332 e. The van der Waals surface area contributed by atoms with Gasteiger partial charge in [-0.25, -0.2) is 0 Å². The number of para-hydroxylation sites is 1. The highest BCUT2D eigenvalue weighted by Crippen LogP contribution is 2.49. The first-order valence-electron chi connectivity index (χ1n) is 8.79. The molecule has 130 valence electrons. The number of amides is 1. The van der Waals surface area contributed by atoms with Crippen LogP contribution < -0.4 is 9.80 Å². The number of aryl methyl sites for hydroxylation is 1. The second kappa shape index (κ2) is 6.46. The summed E-state index contributed by atoms with van der Waals surface area (Å²) in [6.45, 7) is 1.03. The Balaban J connectivity index is 1.68. The number of hydrogen-bond donors (Lipinski definition) is 0. The van der Waals surface area contributed by atoms with E-state index in [1.54, 1.807) is 0 Å². The van der Waals surface area contributed by atoms with Crippen LogP contribution >= 0.6 is 45.7 Å². The average Bonchev–Trinajstić information content (AvgIpc) is 3.03. The zero-order chi connectivity index (χ0) is 17.0. The fourth-order valence-electron chi connectivity index (χ4n) is 4.06. The van der Waals surface area contributed by atoms with Crippen molar-refractivity contribution in [3.8, 4) is 0 Å². The maximum absolute atomic E-state index is 13.6. The van der Waals surface area contributed by atoms with E-state index in [1.165, 1.54) is 28.3 Å². The van der Waals surface area contributed by atoms with Gasteiger partial charge in [-0.3, -0.25) is 9.69 Å². The van der Waals surface area contributed by atoms with Crippen LogP contribution in [0.1, 0.15) is 33.6 Å². The third-order valence-electron chi connectivity index (χ3n) is 5.19. The van der Waals surface area contributed by atoms with E-state index in [1.807, 2.05) is 46.2 Å². The molecule has 2 aliphatic heterocycles. The lowest BCUT2D eigenvalue weighted by molar-refractivity contribution is 0.0978. The molecule has 0 unspecified atom stereocenters. The lowest BCUT2D eigenvalue weighted by Gasteiger charge is -2.47. The molecule has 0 radical (unpaired) electrons. The molecule has 0 saturated carbocycles. The minimum atomic E-state index is 0.0912. The van der Waals surface area contributed by atoms with Gasteiger partial charge >= 0.3 is 0 Å². The number of thioether (sulfide) groups is 1. The fraction of sp³-hybridized carbons (Fsp3) is 0.421. The summed E-state index contributed by atoms with van der Waals surface area (Å²) in [6, 6.07) is 10.2. The lowest BCUT2D eigenvalue weighted by Crippen LogP contribution is -2.57. The normalized spacial score (nSPS) is 25.4. The maximum atomic E-state index is 13.6. The molecule has 5 rings (SSSR count). The molecule has 25 heavy (non-hydrogen) atoms. The molecule has 0 spiro atoms. The summed E-state index contributed by atoms with van der Waals surface area (Å²) >= 11 is 6.35. The molecule has 6 heteroatoms. The van der Waals surface area contributed by atoms with Crippen molar-refractivity contribution in [3.63, 3.8) is 0 Å². The fourth-order valence-corrected chi connectivity index (χ4v) is 7.81. The molecule has 1 amide bonds. The van der Waals surface area contributed by atoms with Crippen molar-refractivity contribution in [1.82, 2.24) is 0 Å². The molecular formula is C19H19IN2OS2. The van der Waals surface area contributed by atoms with E-state index in [4.69, 9.17) is 0 Å². The van der Waals surface area contributed by atoms with Gasteiger partial charge in [0.1, 0.15) is 5.00 Å². The summed E-state index contributed by atoms with van der Waals surface area (Å²) in [6.07, 6.45) is 4.68. The number of rotatable bonds is 1. The third kappa shape index (κ3) is 2.63. The number of carbonyl (C=O) groups is 1. The Kier molecular flexibility index (Phi) is 4.25. The minimum Gasteiger partial charge on any atom is -0.332 e. The summed E-state index contributed by atoms with van der Waals surface area (Å²) in [5.74, 6) is 1.31. The molecule has 2 aromatic rings. The molecule has 1 aromatic carbocycles. The number of anilines is 2. The van der Waals surface area contributed by atoms with Crippen molar-refractivity contribution in [1.29, 1.82) is 0 Å². The third-order valence-corrected chi connectivity index (χ3v) is 9.31. The number of thiophene rings is 1. The number of carbonyl (C=O) groups excluding carboxylic acids is 1. The number of halogens is 1. The van der Waals surface area contributed by atoms with Crippen molar-refractivity contribution in [2.75, 3.05) is 22.1 Å². The predicted molar refractivity (Wildman–Crippen MR) is 116 cm³/mol. The standard InChI is InChI=1S/C19H19IN2OS2/c20-12-10-21-18-16(14-8-4-5-9-15(14)25-18)17(23)22(19(21)24-11-12)13-6-2-1-3-7-13/h1-3,6-7,12,19H,4-5,8-11H2/t12-,19-/m0/s1. The van der Waals surface area contributed by atoms with Crippen LogP contribution in [0.15, 0.2) is 30.3 Å². The van der Waals surface area contributed by atoms with Gasteiger partial charge in [-0.1, -0.05) is 40.8 Å². The number of alkyl halides is 1. The summed E-state index contributed by atoms with van der Waals surface area (Å²) < 4.78 is 0.622. The van der Waals surface area contributed by atoms with Crippen LogP contribution in [0.3, 0.4) is 0 Å². The summed E-state index contributed by atoms with van der Waals surface area (Å²) in [4.78, 5) is 19.6. The van der Waals surface area contributed by atoms with Gasteiger partial charge in [0, 0.05) is 26.8 Å². The predicted octanol–water partition coefficient (Wildman–Crippen LogP) is 4.93. The molecular weight excluding hydrogens is 463 g/mol. The Morgan fingerprint density at radius 2 is 1.92 bits per heavy atom. The van der Waals surface area contributed by atoms with E-state index < -0.39 is 0 Å². The van der Waals surface area contributed by atoms with E-state index in [0.29, 0.717) is 3.92 Å². The first-order chi connectivity index (χ1) is 12.2. The van der Waals surface area contributed by atoms with E-state index in [2.05, 4.69) is 39.6 Å². The van der Waals surface area contributed by atoms with Crippen molar-refractivity contribution < 1.29 is 4.79 Å². The number of nitrogens with zero attached hydrogens (tertiary/aromatic N) is 2. The van der Waals surface area contributed by atoms with E-state index >= 15 is 0 Å². The minimum absolute atomic E-state index is 0.0912. The number of hydrogen-bond acceptors (Lipinski definition) is 4. The van der Waals surface area contributed by atoms with Gasteiger partial charge in [0.2, 0.25) is 0 Å². The molecule has 3 nitrogen and oxygen atoms in total. The Bertz CT molecular complexity index is 822. The van der Waals surface area contributed by atoms with Gasteiger partial charge in [-0.2, -0.15) is 0 Å². The highest BCUT2D eigenvalue weighted by molar-refractivity contribution is 14.1. The summed E-state index contributed by atoms with van der Waals surface area (Å²) in [5.41, 5.74) is 3.46. The highest BCUT2D eigenvalue weighted by atomic mass is 127. The van der Waals surface area contributed by atoms with Crippen molar-refractivity contribution in [3.05, 3.63) is 46.3 Å². The van der Waals surface area contributed by atoms with Crippen LogP contribution in [-0.2, 0) is 12.8 Å². The molecule has 1 saturated heterocycles. The lowest BCUT2D eigenvalue weighted by atomic mass is 9.94. The Morgan fingerprint density at radius 1 is 1.12 bits per heavy atom. The Morgan fingerprint density at radius 3 is 2.76 bits per heavy atom. The summed E-state index contributed by atoms with van der Waals surface area (Å²) in [5, 5.41) is 1.24. The van der Waals surface area contributed by atoms with Gasteiger partial charge in [0.05, 0.1) is 5.56 Å². The molecule has 3 heterocycles. The van der Waals surface area contributed by atoms with E-state index in [0.717, 1.165) is 36.4 Å². The molecule has 3 aliphatic rings. The zero-order valence-corrected chi connectivity index (χ0v) is 17.6. The van der Waals surface area contributed by atoms with Gasteiger partial charge in [-0.05, 0) is 43.4 Å². The van der Waals surface area contributed by atoms with Gasteiger partial charge in [0.15, 0.2) is 5.50 Å². The van der Waals surface area contributed by atoms with Crippen LogP contribution in [-0.4, -0.2) is 27.6 Å². The van der Waals surface area contributed by atoms with Crippen LogP contribution in [0.5, 0.6) is 0 Å². The van der Waals surface area contributed by atoms with Crippen LogP contribution in [0.2, 0.25) is 0 Å². The maximum Gasteiger partial charge on any atom is 0.263 e. The molecule has 2 atom stereocenters. The second-order valence-electron chi connectivity index (χ2n) is 6.81. The SMILES string of the molecule is O=C1c2c(sc3c2CCCC3)N2C[C@H](I)CS[C@@H]2N1c1ccccc1. The Hall–Kier alpha value is -0.730. The molecule has 0 N–H and O–H groups in total. The number of fused-ring (bicyclic) bond motifs is 5. The van der Waals surface area contributed by atoms with Gasteiger partial charge in [0.25, 0.3) is 5.91 Å². The van der Waals surface area contributed by atoms with Gasteiger partial charge in [-0.15, -0.1) is 23.1 Å². The molecule has 1 fully saturated rings. The van der Waals surface area contributed by atoms with Crippen LogP contribution in [0, 0.1) is 0 Å². The molecule has 1 aliphatic carbocycles. The van der Waals surface area contributed by atoms with E-state index in [9.17, 15) is 4.79 Å². The average molecular weight is 482 g/mol. The number of benzene rings is 1. The van der Waals surface area contributed by atoms with Crippen LogP contribution in [0.4, 0.5) is 10.7 Å². The highest BCUT2D eigenvalue weighted by Gasteiger charge is 2.45. The van der Waals surface area contributed by atoms with Crippen molar-refractivity contribution >= 4 is 62.3 Å². The topological polar surface area (TPSA) is 23.6 Å². The van der Waals surface area contributed by atoms with Crippen molar-refractivity contribution in [2.24, 2.45) is 0 Å². The monoisotopic (exact) mass is 482 g/mol. The quantitative estimate of drug-likeness (QED) is 0.426. The zero-order valence-electron chi connectivity index (χ0n) is 13.8. The Labute approximate surface area is 169 Å². The van der Waals surface area contributed by atoms with Crippen molar-refractivity contribution in [2.45, 2.75) is 35.1 Å². The molecule has 1 aromatic heterocycles. The van der Waals surface area contributed by atoms with E-state index in [-0.39, 0.29) is 11.4 Å². The summed E-state index contributed by atoms with van der Waals surface area (Å²) in [7, 11) is 0. The second-order valence-corrected chi connectivity index (χ2v) is 10.7. The smallest absolute Gasteiger partial charge is 0.263 e. The van der Waals surface area contributed by atoms with Gasteiger partial charge < -0.3 is 4.90 Å².